The lowest BCUT2D eigenvalue weighted by Crippen LogP contribution is -2.28. The highest BCUT2D eigenvalue weighted by molar-refractivity contribution is 6.06. The molecule has 8 nitrogen and oxygen atoms in total. The number of rotatable bonds is 7. The molecule has 0 radical (unpaired) electrons. The topological polar surface area (TPSA) is 86.7 Å². The maximum absolute atomic E-state index is 12.8. The Balaban J connectivity index is 1.16. The zero-order chi connectivity index (χ0) is 23.2. The van der Waals surface area contributed by atoms with Gasteiger partial charge in [0.1, 0.15) is 6.61 Å². The summed E-state index contributed by atoms with van der Waals surface area (Å²) in [6.45, 7) is 2.92. The van der Waals surface area contributed by atoms with E-state index in [2.05, 4.69) is 17.3 Å². The summed E-state index contributed by atoms with van der Waals surface area (Å²) in [4.78, 5) is 25.6. The summed E-state index contributed by atoms with van der Waals surface area (Å²) in [6.07, 6.45) is 6.56. The van der Waals surface area contributed by atoms with Crippen molar-refractivity contribution in [3.8, 4) is 23.0 Å². The molecule has 174 valence electrons. The number of imide groups is 1. The van der Waals surface area contributed by atoms with Gasteiger partial charge in [0.05, 0.1) is 24.7 Å². The van der Waals surface area contributed by atoms with Gasteiger partial charge in [0.25, 0.3) is 11.8 Å². The molecule has 0 N–H and O–H groups in total. The van der Waals surface area contributed by atoms with Crippen molar-refractivity contribution in [2.45, 2.75) is 20.0 Å². The highest BCUT2D eigenvalue weighted by Crippen LogP contribution is 2.52. The van der Waals surface area contributed by atoms with Crippen molar-refractivity contribution < 1.29 is 28.5 Å². The second kappa shape index (κ2) is 8.20. The molecule has 0 aromatic heterocycles. The summed E-state index contributed by atoms with van der Waals surface area (Å²) in [7, 11) is 0. The van der Waals surface area contributed by atoms with Crippen LogP contribution in [-0.4, -0.2) is 36.4 Å². The van der Waals surface area contributed by atoms with E-state index in [1.54, 1.807) is 12.1 Å². The Labute approximate surface area is 196 Å². The van der Waals surface area contributed by atoms with Gasteiger partial charge in [-0.15, -0.1) is 0 Å². The second-order valence-corrected chi connectivity index (χ2v) is 8.85. The monoisotopic (exact) mass is 460 g/mol. The van der Waals surface area contributed by atoms with E-state index >= 15 is 0 Å². The number of ether oxygens (including phenoxy) is 4. The number of hydrazone groups is 1. The lowest BCUT2D eigenvalue weighted by atomic mass is 9.85. The van der Waals surface area contributed by atoms with Crippen molar-refractivity contribution in [1.29, 1.82) is 0 Å². The molecule has 2 aromatic rings. The molecular weight excluding hydrogens is 436 g/mol. The Kier molecular flexibility index (Phi) is 5.01. The normalized spacial score (nSPS) is 26.1. The van der Waals surface area contributed by atoms with Gasteiger partial charge < -0.3 is 18.9 Å². The molecule has 4 unspecified atom stereocenters. The molecule has 2 fully saturated rings. The SMILES string of the molecule is CCOc1cc(C=NN2C(=O)C3C4C=CC(C4)C3C2=O)ccc1OCc1ccc2c(c1)OCO2. The number of allylic oxidation sites excluding steroid dienone is 2. The van der Waals surface area contributed by atoms with Gasteiger partial charge in [-0.3, -0.25) is 9.59 Å². The second-order valence-electron chi connectivity index (χ2n) is 8.85. The number of nitrogens with zero attached hydrogens (tertiary/aromatic N) is 2. The van der Waals surface area contributed by atoms with Crippen LogP contribution in [0.15, 0.2) is 53.7 Å². The van der Waals surface area contributed by atoms with Crippen LogP contribution in [0.1, 0.15) is 24.5 Å². The number of fused-ring (bicyclic) bond motifs is 6. The van der Waals surface area contributed by atoms with Crippen LogP contribution in [0.5, 0.6) is 23.0 Å². The minimum absolute atomic E-state index is 0.164. The van der Waals surface area contributed by atoms with Gasteiger partial charge >= 0.3 is 0 Å². The molecule has 2 aliphatic heterocycles. The van der Waals surface area contributed by atoms with Crippen molar-refractivity contribution in [1.82, 2.24) is 5.01 Å². The maximum atomic E-state index is 12.8. The van der Waals surface area contributed by atoms with E-state index in [1.165, 1.54) is 6.21 Å². The van der Waals surface area contributed by atoms with Crippen molar-refractivity contribution in [2.24, 2.45) is 28.8 Å². The third-order valence-electron chi connectivity index (χ3n) is 6.87. The first-order chi connectivity index (χ1) is 16.6. The minimum Gasteiger partial charge on any atom is -0.490 e. The molecule has 0 spiro atoms. The largest absolute Gasteiger partial charge is 0.490 e. The van der Waals surface area contributed by atoms with Crippen molar-refractivity contribution >= 4 is 18.0 Å². The fourth-order valence-corrected chi connectivity index (χ4v) is 5.31. The standard InChI is InChI=1S/C26H24N2O6/c1-2-31-21-9-15(3-7-19(21)32-13-16-4-8-20-22(10-16)34-14-33-20)12-27-28-25(29)23-17-5-6-18(11-17)24(23)26(28)30/h3-10,12,17-18,23-24H,2,11,13-14H2,1H3. The van der Waals surface area contributed by atoms with E-state index in [0.717, 1.165) is 22.7 Å². The number of carbonyl (C=O) groups is 2. The Bertz CT molecular complexity index is 1190. The average Bonchev–Trinajstić information content (AvgIpc) is 3.62. The molecule has 2 aliphatic carbocycles. The first-order valence-corrected chi connectivity index (χ1v) is 11.5. The van der Waals surface area contributed by atoms with Crippen molar-refractivity contribution in [3.63, 3.8) is 0 Å². The average molecular weight is 460 g/mol. The molecule has 1 saturated heterocycles. The molecule has 2 amide bonds. The van der Waals surface area contributed by atoms with Crippen LogP contribution in [0.3, 0.4) is 0 Å². The number of hydrogen-bond acceptors (Lipinski definition) is 7. The van der Waals surface area contributed by atoms with Crippen LogP contribution in [0.25, 0.3) is 0 Å². The molecule has 34 heavy (non-hydrogen) atoms. The highest BCUT2D eigenvalue weighted by atomic mass is 16.7. The predicted molar refractivity (Wildman–Crippen MR) is 122 cm³/mol. The lowest BCUT2D eigenvalue weighted by Gasteiger charge is -2.13. The fourth-order valence-electron chi connectivity index (χ4n) is 5.31. The van der Waals surface area contributed by atoms with Gasteiger partial charge in [0.15, 0.2) is 23.0 Å². The maximum Gasteiger partial charge on any atom is 0.254 e. The van der Waals surface area contributed by atoms with Crippen LogP contribution in [0, 0.1) is 23.7 Å². The predicted octanol–water partition coefficient (Wildman–Crippen LogP) is 3.53. The first kappa shape index (κ1) is 20.8. The Hall–Kier alpha value is -3.81. The van der Waals surface area contributed by atoms with E-state index in [1.807, 2.05) is 31.2 Å². The molecule has 4 aliphatic rings. The Morgan fingerprint density at radius 3 is 2.50 bits per heavy atom. The van der Waals surface area contributed by atoms with Gasteiger partial charge in [-0.05, 0) is 66.6 Å². The number of hydrogen-bond donors (Lipinski definition) is 0. The van der Waals surface area contributed by atoms with E-state index < -0.39 is 0 Å². The van der Waals surface area contributed by atoms with Gasteiger partial charge in [0, 0.05) is 0 Å². The van der Waals surface area contributed by atoms with Gasteiger partial charge in [0.2, 0.25) is 6.79 Å². The van der Waals surface area contributed by atoms with Crippen molar-refractivity contribution in [2.75, 3.05) is 13.4 Å². The third kappa shape index (κ3) is 3.41. The molecule has 8 heteroatoms. The van der Waals surface area contributed by atoms with Crippen LogP contribution in [0.4, 0.5) is 0 Å². The smallest absolute Gasteiger partial charge is 0.254 e. The van der Waals surface area contributed by atoms with Crippen LogP contribution in [0.2, 0.25) is 0 Å². The summed E-state index contributed by atoms with van der Waals surface area (Å²) >= 11 is 0. The van der Waals surface area contributed by atoms with E-state index in [0.29, 0.717) is 36.0 Å². The summed E-state index contributed by atoms with van der Waals surface area (Å²) in [5.74, 6) is 1.99. The van der Waals surface area contributed by atoms with E-state index in [4.69, 9.17) is 18.9 Å². The summed E-state index contributed by atoms with van der Waals surface area (Å²) in [6, 6.07) is 11.1. The molecule has 1 saturated carbocycles. The summed E-state index contributed by atoms with van der Waals surface area (Å²) in [5, 5.41) is 5.30. The Morgan fingerprint density at radius 2 is 1.74 bits per heavy atom. The summed E-state index contributed by atoms with van der Waals surface area (Å²) < 4.78 is 22.5. The fraction of sp³-hybridized carbons (Fsp3) is 0.346. The van der Waals surface area contributed by atoms with Crippen LogP contribution in [-0.2, 0) is 16.2 Å². The van der Waals surface area contributed by atoms with Crippen LogP contribution < -0.4 is 18.9 Å². The van der Waals surface area contributed by atoms with Crippen LogP contribution >= 0.6 is 0 Å². The lowest BCUT2D eigenvalue weighted by molar-refractivity contribution is -0.140. The molecule has 2 heterocycles. The van der Waals surface area contributed by atoms with E-state index in [-0.39, 0.29) is 42.3 Å². The third-order valence-corrected chi connectivity index (χ3v) is 6.87. The van der Waals surface area contributed by atoms with Gasteiger partial charge in [-0.1, -0.05) is 18.2 Å². The number of carbonyl (C=O) groups excluding carboxylic acids is 2. The molecule has 2 aromatic carbocycles. The van der Waals surface area contributed by atoms with Gasteiger partial charge in [-0.2, -0.15) is 10.1 Å². The number of benzene rings is 2. The quantitative estimate of drug-likeness (QED) is 0.357. The Morgan fingerprint density at radius 1 is 0.971 bits per heavy atom. The zero-order valence-corrected chi connectivity index (χ0v) is 18.7. The molecule has 2 bridgehead atoms. The highest BCUT2D eigenvalue weighted by Gasteiger charge is 2.59. The molecular formula is C26H24N2O6. The molecule has 4 atom stereocenters. The van der Waals surface area contributed by atoms with Gasteiger partial charge in [-0.25, -0.2) is 0 Å². The zero-order valence-electron chi connectivity index (χ0n) is 18.7. The van der Waals surface area contributed by atoms with Crippen molar-refractivity contribution in [3.05, 3.63) is 59.7 Å². The first-order valence-electron chi connectivity index (χ1n) is 11.5. The summed E-state index contributed by atoms with van der Waals surface area (Å²) in [5.41, 5.74) is 1.65. The minimum atomic E-state index is -0.259. The van der Waals surface area contributed by atoms with E-state index in [9.17, 15) is 9.59 Å². The molecule has 6 rings (SSSR count). The number of amides is 2.